The van der Waals surface area contributed by atoms with Crippen molar-refractivity contribution in [2.24, 2.45) is 11.8 Å². The summed E-state index contributed by atoms with van der Waals surface area (Å²) in [6.07, 6.45) is 4.46. The van der Waals surface area contributed by atoms with Crippen molar-refractivity contribution in [3.8, 4) is 0 Å². The predicted molar refractivity (Wildman–Crippen MR) is 71.3 cm³/mol. The van der Waals surface area contributed by atoms with E-state index < -0.39 is 0 Å². The fourth-order valence-corrected chi connectivity index (χ4v) is 3.92. The van der Waals surface area contributed by atoms with Crippen molar-refractivity contribution in [2.45, 2.75) is 38.1 Å². The second-order valence-corrected chi connectivity index (χ2v) is 6.29. The van der Waals surface area contributed by atoms with E-state index in [4.69, 9.17) is 4.74 Å². The van der Waals surface area contributed by atoms with Crippen molar-refractivity contribution in [1.82, 2.24) is 5.32 Å². The number of hydrogen-bond donors (Lipinski definition) is 1. The molecule has 1 amide bonds. The highest BCUT2D eigenvalue weighted by Crippen LogP contribution is 2.27. The van der Waals surface area contributed by atoms with Gasteiger partial charge in [0, 0.05) is 17.7 Å². The lowest BCUT2D eigenvalue weighted by Gasteiger charge is -2.28. The molecular weight excluding hydrogens is 250 g/mol. The fraction of sp³-hybridized carbons (Fsp3) is 0.846. The summed E-state index contributed by atoms with van der Waals surface area (Å²) in [7, 11) is 1.44. The molecule has 4 nitrogen and oxygen atoms in total. The van der Waals surface area contributed by atoms with Crippen molar-refractivity contribution in [2.75, 3.05) is 18.6 Å². The lowest BCUT2D eigenvalue weighted by atomic mass is 9.86. The Balaban J connectivity index is 1.73. The van der Waals surface area contributed by atoms with Crippen LogP contribution in [0.3, 0.4) is 0 Å². The zero-order valence-corrected chi connectivity index (χ0v) is 11.6. The molecule has 2 fully saturated rings. The van der Waals surface area contributed by atoms with E-state index in [1.807, 2.05) is 11.8 Å². The summed E-state index contributed by atoms with van der Waals surface area (Å²) in [6, 6.07) is 0.254. The molecule has 0 radical (unpaired) electrons. The van der Waals surface area contributed by atoms with Crippen LogP contribution < -0.4 is 5.32 Å². The zero-order chi connectivity index (χ0) is 13.0. The van der Waals surface area contributed by atoms with Gasteiger partial charge in [-0.15, -0.1) is 0 Å². The minimum Gasteiger partial charge on any atom is -0.469 e. The highest BCUT2D eigenvalue weighted by atomic mass is 32.2. The van der Waals surface area contributed by atoms with Gasteiger partial charge >= 0.3 is 5.97 Å². The monoisotopic (exact) mass is 271 g/mol. The van der Waals surface area contributed by atoms with E-state index in [9.17, 15) is 9.59 Å². The van der Waals surface area contributed by atoms with Gasteiger partial charge in [0.1, 0.15) is 0 Å². The van der Waals surface area contributed by atoms with E-state index in [0.717, 1.165) is 43.6 Å². The Bertz CT molecular complexity index is 307. The number of ether oxygens (including phenoxy) is 1. The van der Waals surface area contributed by atoms with E-state index >= 15 is 0 Å². The molecule has 102 valence electrons. The van der Waals surface area contributed by atoms with Crippen LogP contribution in [0.2, 0.25) is 0 Å². The first-order valence-electron chi connectivity index (χ1n) is 6.66. The summed E-state index contributed by atoms with van der Waals surface area (Å²) < 4.78 is 4.76. The molecule has 0 bridgehead atoms. The number of rotatable bonds is 3. The minimum atomic E-state index is -0.105. The third-order valence-corrected chi connectivity index (χ3v) is 5.07. The Kier molecular flexibility index (Phi) is 4.92. The van der Waals surface area contributed by atoms with Crippen LogP contribution in [-0.4, -0.2) is 36.5 Å². The van der Waals surface area contributed by atoms with Gasteiger partial charge in [0.15, 0.2) is 0 Å². The summed E-state index contributed by atoms with van der Waals surface area (Å²) in [5.41, 5.74) is 0. The molecule has 0 aromatic carbocycles. The van der Waals surface area contributed by atoms with E-state index in [0.29, 0.717) is 0 Å². The predicted octanol–water partition coefficient (Wildman–Crippen LogP) is 1.59. The molecule has 2 rings (SSSR count). The van der Waals surface area contributed by atoms with E-state index in [1.54, 1.807) is 0 Å². The topological polar surface area (TPSA) is 55.4 Å². The quantitative estimate of drug-likeness (QED) is 0.792. The standard InChI is InChI=1S/C13H21NO3S/c1-17-13(16)9-2-4-11(5-3-9)14-12(15)10-6-7-18-8-10/h9-11H,2-8H2,1H3,(H,14,15). The number of hydrogen-bond acceptors (Lipinski definition) is 4. The van der Waals surface area contributed by atoms with Crippen LogP contribution in [0.4, 0.5) is 0 Å². The average Bonchev–Trinajstić information content (AvgIpc) is 2.92. The first kappa shape index (κ1) is 13.7. The van der Waals surface area contributed by atoms with Crippen LogP contribution >= 0.6 is 11.8 Å². The molecule has 1 atom stereocenters. The van der Waals surface area contributed by atoms with Crippen LogP contribution in [0.1, 0.15) is 32.1 Å². The second kappa shape index (κ2) is 6.45. The van der Waals surface area contributed by atoms with Gasteiger partial charge in [-0.3, -0.25) is 9.59 Å². The second-order valence-electron chi connectivity index (χ2n) is 5.14. The molecule has 1 unspecified atom stereocenters. The number of esters is 1. The van der Waals surface area contributed by atoms with E-state index in [2.05, 4.69) is 5.32 Å². The Morgan fingerprint density at radius 3 is 2.39 bits per heavy atom. The number of carbonyl (C=O) groups is 2. The van der Waals surface area contributed by atoms with Crippen molar-refractivity contribution < 1.29 is 14.3 Å². The molecule has 1 heterocycles. The molecule has 0 aromatic heterocycles. The summed E-state index contributed by atoms with van der Waals surface area (Å²) in [4.78, 5) is 23.4. The highest BCUT2D eigenvalue weighted by Gasteiger charge is 2.30. The van der Waals surface area contributed by atoms with Gasteiger partial charge in [-0.25, -0.2) is 0 Å². The number of nitrogens with one attached hydrogen (secondary N) is 1. The third-order valence-electron chi connectivity index (χ3n) is 3.91. The zero-order valence-electron chi connectivity index (χ0n) is 10.8. The van der Waals surface area contributed by atoms with Gasteiger partial charge in [0.2, 0.25) is 5.91 Å². The number of carbonyl (C=O) groups excluding carboxylic acids is 2. The average molecular weight is 271 g/mol. The molecule has 1 saturated carbocycles. The van der Waals surface area contributed by atoms with Gasteiger partial charge in [0.25, 0.3) is 0 Å². The Labute approximate surface area is 112 Å². The summed E-state index contributed by atoms with van der Waals surface area (Å²) >= 11 is 1.86. The van der Waals surface area contributed by atoms with Crippen molar-refractivity contribution >= 4 is 23.6 Å². The maximum atomic E-state index is 12.0. The van der Waals surface area contributed by atoms with Crippen LogP contribution in [0, 0.1) is 11.8 Å². The van der Waals surface area contributed by atoms with Crippen molar-refractivity contribution in [3.05, 3.63) is 0 Å². The van der Waals surface area contributed by atoms with Crippen molar-refractivity contribution in [3.63, 3.8) is 0 Å². The van der Waals surface area contributed by atoms with Crippen molar-refractivity contribution in [1.29, 1.82) is 0 Å². The molecule has 2 aliphatic rings. The Hall–Kier alpha value is -0.710. The summed E-state index contributed by atoms with van der Waals surface area (Å²) in [5.74, 6) is 2.41. The smallest absolute Gasteiger partial charge is 0.308 e. The Morgan fingerprint density at radius 2 is 1.83 bits per heavy atom. The first-order valence-corrected chi connectivity index (χ1v) is 7.82. The molecule has 0 aromatic rings. The maximum absolute atomic E-state index is 12.0. The Morgan fingerprint density at radius 1 is 1.11 bits per heavy atom. The molecule has 1 aliphatic carbocycles. The fourth-order valence-electron chi connectivity index (χ4n) is 2.70. The molecule has 1 saturated heterocycles. The first-order chi connectivity index (χ1) is 8.70. The lowest BCUT2D eigenvalue weighted by molar-refractivity contribution is -0.146. The minimum absolute atomic E-state index is 0.0326. The van der Waals surface area contributed by atoms with Gasteiger partial charge in [-0.05, 0) is 37.9 Å². The van der Waals surface area contributed by atoms with Crippen LogP contribution in [0.25, 0.3) is 0 Å². The van der Waals surface area contributed by atoms with Crippen LogP contribution in [0.15, 0.2) is 0 Å². The van der Waals surface area contributed by atoms with Crippen LogP contribution in [0.5, 0.6) is 0 Å². The molecule has 0 spiro atoms. The highest BCUT2D eigenvalue weighted by molar-refractivity contribution is 7.99. The van der Waals surface area contributed by atoms with Crippen LogP contribution in [-0.2, 0) is 14.3 Å². The molecule has 5 heteroatoms. The molecule has 1 aliphatic heterocycles. The van der Waals surface area contributed by atoms with Gasteiger partial charge in [0.05, 0.1) is 13.0 Å². The molecule has 1 N–H and O–H groups in total. The number of amides is 1. The summed E-state index contributed by atoms with van der Waals surface area (Å²) in [6.45, 7) is 0. The number of thioether (sulfide) groups is 1. The third kappa shape index (κ3) is 3.40. The summed E-state index contributed by atoms with van der Waals surface area (Å²) in [5, 5.41) is 3.13. The SMILES string of the molecule is COC(=O)C1CCC(NC(=O)C2CCSC2)CC1. The molecule has 18 heavy (non-hydrogen) atoms. The normalized spacial score (nSPS) is 31.9. The maximum Gasteiger partial charge on any atom is 0.308 e. The lowest BCUT2D eigenvalue weighted by Crippen LogP contribution is -2.41. The van der Waals surface area contributed by atoms with Gasteiger partial charge in [-0.2, -0.15) is 11.8 Å². The number of methoxy groups -OCH3 is 1. The van der Waals surface area contributed by atoms with Gasteiger partial charge in [-0.1, -0.05) is 0 Å². The van der Waals surface area contributed by atoms with Gasteiger partial charge < -0.3 is 10.1 Å². The van der Waals surface area contributed by atoms with E-state index in [1.165, 1.54) is 7.11 Å². The van der Waals surface area contributed by atoms with E-state index in [-0.39, 0.29) is 29.8 Å². The largest absolute Gasteiger partial charge is 0.469 e. The molecular formula is C13H21NO3S.